The Morgan fingerprint density at radius 1 is 0.967 bits per heavy atom. The first-order valence-corrected chi connectivity index (χ1v) is 11.4. The van der Waals surface area contributed by atoms with Crippen molar-refractivity contribution in [3.63, 3.8) is 0 Å². The maximum absolute atomic E-state index is 10.6. The van der Waals surface area contributed by atoms with Crippen molar-refractivity contribution < 1.29 is 10.2 Å². The molecule has 0 aliphatic heterocycles. The van der Waals surface area contributed by atoms with Crippen LogP contribution in [0.25, 0.3) is 0 Å². The van der Waals surface area contributed by atoms with Crippen LogP contribution in [0.2, 0.25) is 0 Å². The Balaban J connectivity index is 1.94. The molecule has 0 heterocycles. The van der Waals surface area contributed by atoms with Crippen molar-refractivity contribution >= 4 is 0 Å². The fraction of sp³-hybridized carbons (Fsp3) is 0.500. The van der Waals surface area contributed by atoms with Crippen molar-refractivity contribution in [2.24, 2.45) is 5.41 Å². The Kier molecular flexibility index (Phi) is 6.63. The number of rotatable bonds is 5. The van der Waals surface area contributed by atoms with Gasteiger partial charge in [-0.25, -0.2) is 0 Å². The summed E-state index contributed by atoms with van der Waals surface area (Å²) >= 11 is 0. The van der Waals surface area contributed by atoms with Gasteiger partial charge in [-0.05, 0) is 73.9 Å². The second-order valence-electron chi connectivity index (χ2n) is 9.35. The van der Waals surface area contributed by atoms with Crippen LogP contribution in [0.1, 0.15) is 87.1 Å². The third kappa shape index (κ3) is 4.14. The average molecular weight is 405 g/mol. The first-order chi connectivity index (χ1) is 14.3. The van der Waals surface area contributed by atoms with Gasteiger partial charge in [0.25, 0.3) is 0 Å². The lowest BCUT2D eigenvalue weighted by Crippen LogP contribution is -2.28. The second kappa shape index (κ2) is 8.86. The molecule has 0 amide bonds. The summed E-state index contributed by atoms with van der Waals surface area (Å²) in [5.74, 6) is 6.73. The molecule has 2 N–H and O–H groups in total. The molecule has 1 atom stereocenters. The molecule has 0 spiro atoms. The number of phenols is 1. The monoisotopic (exact) mass is 404 g/mol. The van der Waals surface area contributed by atoms with Crippen LogP contribution in [0.3, 0.4) is 0 Å². The van der Waals surface area contributed by atoms with Crippen LogP contribution in [-0.4, -0.2) is 16.3 Å². The summed E-state index contributed by atoms with van der Waals surface area (Å²) < 4.78 is 0. The molecule has 1 unspecified atom stereocenters. The molecule has 160 valence electrons. The highest BCUT2D eigenvalue weighted by atomic mass is 16.3. The van der Waals surface area contributed by atoms with Gasteiger partial charge < -0.3 is 10.2 Å². The topological polar surface area (TPSA) is 40.5 Å². The van der Waals surface area contributed by atoms with Crippen molar-refractivity contribution in [3.8, 4) is 17.6 Å². The lowest BCUT2D eigenvalue weighted by atomic mass is 9.70. The zero-order valence-corrected chi connectivity index (χ0v) is 19.2. The predicted molar refractivity (Wildman–Crippen MR) is 125 cm³/mol. The third-order valence-electron chi connectivity index (χ3n) is 7.48. The van der Waals surface area contributed by atoms with E-state index in [-0.39, 0.29) is 10.8 Å². The minimum atomic E-state index is -0.565. The highest BCUT2D eigenvalue weighted by Crippen LogP contribution is 2.41. The molecule has 2 heteroatoms. The molecule has 30 heavy (non-hydrogen) atoms. The van der Waals surface area contributed by atoms with Crippen LogP contribution in [0, 0.1) is 31.1 Å². The van der Waals surface area contributed by atoms with E-state index in [0.717, 1.165) is 42.4 Å². The molecule has 1 aliphatic rings. The van der Waals surface area contributed by atoms with Crippen molar-refractivity contribution in [2.75, 3.05) is 0 Å². The number of phenolic OH excluding ortho intramolecular Hbond substituents is 1. The Bertz CT molecular complexity index is 950. The van der Waals surface area contributed by atoms with Crippen LogP contribution in [-0.2, 0) is 5.41 Å². The number of hydrogen-bond acceptors (Lipinski definition) is 2. The SMILES string of the molecule is CCC(CC)(c1ccc(O)c(C)c1)c1ccc(C#CC(O)C2(C)CCCC2)c(C)c1. The molecule has 0 radical (unpaired) electrons. The maximum atomic E-state index is 10.6. The normalized spacial score (nSPS) is 16.7. The minimum Gasteiger partial charge on any atom is -0.508 e. The molecule has 1 saturated carbocycles. The van der Waals surface area contributed by atoms with Gasteiger partial charge in [0.1, 0.15) is 11.9 Å². The molecular weight excluding hydrogens is 368 g/mol. The maximum Gasteiger partial charge on any atom is 0.120 e. The number of aliphatic hydroxyl groups excluding tert-OH is 1. The number of aliphatic hydroxyl groups is 1. The highest BCUT2D eigenvalue weighted by molar-refractivity contribution is 5.49. The Morgan fingerprint density at radius 3 is 2.07 bits per heavy atom. The van der Waals surface area contributed by atoms with E-state index >= 15 is 0 Å². The summed E-state index contributed by atoms with van der Waals surface area (Å²) in [5, 5.41) is 20.6. The zero-order chi connectivity index (χ0) is 21.9. The van der Waals surface area contributed by atoms with Crippen LogP contribution in [0.5, 0.6) is 5.75 Å². The number of hydrogen-bond donors (Lipinski definition) is 2. The standard InChI is InChI=1S/C28H36O2/c1-6-28(7-2,24-13-14-25(29)21(4)19-24)23-12-10-22(20(3)18-23)11-15-26(30)27(5)16-8-9-17-27/h10,12-14,18-19,26,29-30H,6-9,16-17H2,1-5H3. The lowest BCUT2D eigenvalue weighted by Gasteiger charge is -2.34. The summed E-state index contributed by atoms with van der Waals surface area (Å²) in [6.07, 6.45) is 5.89. The van der Waals surface area contributed by atoms with Gasteiger partial charge in [0.15, 0.2) is 0 Å². The Morgan fingerprint density at radius 2 is 1.53 bits per heavy atom. The summed E-state index contributed by atoms with van der Waals surface area (Å²) in [7, 11) is 0. The van der Waals surface area contributed by atoms with Crippen LogP contribution < -0.4 is 0 Å². The van der Waals surface area contributed by atoms with E-state index in [2.05, 4.69) is 69.9 Å². The molecule has 1 fully saturated rings. The van der Waals surface area contributed by atoms with E-state index in [4.69, 9.17) is 0 Å². The summed E-state index contributed by atoms with van der Waals surface area (Å²) in [6.45, 7) is 10.7. The van der Waals surface area contributed by atoms with Gasteiger partial charge in [-0.2, -0.15) is 0 Å². The lowest BCUT2D eigenvalue weighted by molar-refractivity contribution is 0.0894. The molecule has 0 saturated heterocycles. The van der Waals surface area contributed by atoms with E-state index in [9.17, 15) is 10.2 Å². The third-order valence-corrected chi connectivity index (χ3v) is 7.48. The summed E-state index contributed by atoms with van der Waals surface area (Å²) in [5.41, 5.74) is 5.42. The van der Waals surface area contributed by atoms with E-state index in [1.807, 2.05) is 13.0 Å². The average Bonchev–Trinajstić information content (AvgIpc) is 3.19. The van der Waals surface area contributed by atoms with Crippen molar-refractivity contribution in [1.82, 2.24) is 0 Å². The quantitative estimate of drug-likeness (QED) is 0.565. The van der Waals surface area contributed by atoms with E-state index in [1.54, 1.807) is 0 Å². The van der Waals surface area contributed by atoms with Gasteiger partial charge in [0, 0.05) is 16.4 Å². The largest absolute Gasteiger partial charge is 0.508 e. The van der Waals surface area contributed by atoms with E-state index in [0.29, 0.717) is 5.75 Å². The Hall–Kier alpha value is -2.24. The fourth-order valence-electron chi connectivity index (χ4n) is 5.06. The van der Waals surface area contributed by atoms with Gasteiger partial charge in [-0.1, -0.05) is 69.7 Å². The second-order valence-corrected chi connectivity index (χ2v) is 9.35. The summed E-state index contributed by atoms with van der Waals surface area (Å²) in [6, 6.07) is 12.5. The van der Waals surface area contributed by atoms with E-state index in [1.165, 1.54) is 24.0 Å². The first-order valence-electron chi connectivity index (χ1n) is 11.4. The Labute approximate surface area is 182 Å². The molecule has 0 bridgehead atoms. The molecule has 2 aromatic rings. The molecular formula is C28H36O2. The fourth-order valence-corrected chi connectivity index (χ4v) is 5.06. The molecule has 0 aromatic heterocycles. The smallest absolute Gasteiger partial charge is 0.120 e. The van der Waals surface area contributed by atoms with Crippen LogP contribution >= 0.6 is 0 Å². The predicted octanol–water partition coefficient (Wildman–Crippen LogP) is 6.41. The summed E-state index contributed by atoms with van der Waals surface area (Å²) in [4.78, 5) is 0. The van der Waals surface area contributed by atoms with Gasteiger partial charge in [-0.15, -0.1) is 0 Å². The van der Waals surface area contributed by atoms with Crippen molar-refractivity contribution in [3.05, 3.63) is 64.2 Å². The van der Waals surface area contributed by atoms with E-state index < -0.39 is 6.10 Å². The van der Waals surface area contributed by atoms with Crippen LogP contribution in [0.4, 0.5) is 0 Å². The highest BCUT2D eigenvalue weighted by Gasteiger charge is 2.35. The first kappa shape index (κ1) is 22.4. The molecule has 1 aliphatic carbocycles. The van der Waals surface area contributed by atoms with Crippen LogP contribution in [0.15, 0.2) is 36.4 Å². The van der Waals surface area contributed by atoms with Gasteiger partial charge in [0.05, 0.1) is 0 Å². The zero-order valence-electron chi connectivity index (χ0n) is 19.2. The number of aromatic hydroxyl groups is 1. The van der Waals surface area contributed by atoms with Gasteiger partial charge >= 0.3 is 0 Å². The number of aryl methyl sites for hydroxylation is 2. The van der Waals surface area contributed by atoms with Gasteiger partial charge in [0.2, 0.25) is 0 Å². The number of benzene rings is 2. The molecule has 2 aromatic carbocycles. The minimum absolute atomic E-state index is 0.0584. The molecule has 2 nitrogen and oxygen atoms in total. The van der Waals surface area contributed by atoms with Gasteiger partial charge in [-0.3, -0.25) is 0 Å². The van der Waals surface area contributed by atoms with Crippen molar-refractivity contribution in [1.29, 1.82) is 0 Å². The molecule has 3 rings (SSSR count). The van der Waals surface area contributed by atoms with Crippen molar-refractivity contribution in [2.45, 2.75) is 84.7 Å².